The monoisotopic (exact) mass is 408 g/mol. The summed E-state index contributed by atoms with van der Waals surface area (Å²) in [6.07, 6.45) is 1.28. The number of nitrogens with zero attached hydrogens (tertiary/aromatic N) is 3. The van der Waals surface area contributed by atoms with Crippen LogP contribution in [0.3, 0.4) is 0 Å². The van der Waals surface area contributed by atoms with Crippen molar-refractivity contribution in [2.45, 2.75) is 24.2 Å². The van der Waals surface area contributed by atoms with Gasteiger partial charge in [-0.2, -0.15) is 4.98 Å². The number of anilines is 1. The molecular formula is C18H18F2N4O3S. The molecule has 0 saturated carbocycles. The van der Waals surface area contributed by atoms with E-state index in [-0.39, 0.29) is 36.2 Å². The number of fused-ring (bicyclic) bond motifs is 1. The fourth-order valence-corrected chi connectivity index (χ4v) is 3.96. The van der Waals surface area contributed by atoms with E-state index in [1.807, 2.05) is 0 Å². The van der Waals surface area contributed by atoms with Crippen LogP contribution in [0, 0.1) is 0 Å². The number of pyridine rings is 1. The Morgan fingerprint density at radius 3 is 2.82 bits per heavy atom. The summed E-state index contributed by atoms with van der Waals surface area (Å²) in [6, 6.07) is 7.96. The molecule has 4 rings (SSSR count). The van der Waals surface area contributed by atoms with E-state index in [4.69, 9.17) is 4.74 Å². The highest BCUT2D eigenvalue weighted by atomic mass is 32.2. The number of benzene rings is 1. The highest BCUT2D eigenvalue weighted by molar-refractivity contribution is 7.91. The molecule has 0 aliphatic carbocycles. The molecule has 28 heavy (non-hydrogen) atoms. The SMILES string of the molecule is CCS(=O)(=O)c1ccc2nc(Oc3ccnc(N4CCC(F)(F)C4)c3)[nH]c2c1. The average molecular weight is 408 g/mol. The molecule has 1 aliphatic heterocycles. The number of hydrogen-bond acceptors (Lipinski definition) is 6. The van der Waals surface area contributed by atoms with Crippen LogP contribution in [-0.2, 0) is 9.84 Å². The predicted molar refractivity (Wildman–Crippen MR) is 99.9 cm³/mol. The van der Waals surface area contributed by atoms with E-state index in [2.05, 4.69) is 15.0 Å². The molecule has 0 bridgehead atoms. The Bertz CT molecular complexity index is 1130. The number of ether oxygens (including phenoxy) is 1. The molecule has 1 aliphatic rings. The lowest BCUT2D eigenvalue weighted by Gasteiger charge is -2.17. The number of hydrogen-bond donors (Lipinski definition) is 1. The fraction of sp³-hybridized carbons (Fsp3) is 0.333. The fourth-order valence-electron chi connectivity index (χ4n) is 3.05. The van der Waals surface area contributed by atoms with Crippen molar-refractivity contribution < 1.29 is 21.9 Å². The molecule has 0 radical (unpaired) electrons. The molecule has 0 spiro atoms. The van der Waals surface area contributed by atoms with E-state index in [0.717, 1.165) is 0 Å². The first-order valence-corrected chi connectivity index (χ1v) is 10.4. The summed E-state index contributed by atoms with van der Waals surface area (Å²) in [7, 11) is -3.33. The first kappa shape index (κ1) is 18.6. The Balaban J connectivity index is 1.58. The van der Waals surface area contributed by atoms with Gasteiger partial charge < -0.3 is 14.6 Å². The number of aromatic amines is 1. The molecule has 7 nitrogen and oxygen atoms in total. The smallest absolute Gasteiger partial charge is 0.300 e. The Morgan fingerprint density at radius 1 is 1.29 bits per heavy atom. The first-order chi connectivity index (χ1) is 13.3. The Morgan fingerprint density at radius 2 is 2.11 bits per heavy atom. The van der Waals surface area contributed by atoms with E-state index >= 15 is 0 Å². The minimum Gasteiger partial charge on any atom is -0.425 e. The molecular weight excluding hydrogens is 390 g/mol. The van der Waals surface area contributed by atoms with Crippen molar-refractivity contribution in [1.29, 1.82) is 0 Å². The number of aromatic nitrogens is 3. The van der Waals surface area contributed by atoms with Crippen LogP contribution in [0.25, 0.3) is 11.0 Å². The van der Waals surface area contributed by atoms with Crippen molar-refractivity contribution in [3.05, 3.63) is 36.5 Å². The topological polar surface area (TPSA) is 88.2 Å². The summed E-state index contributed by atoms with van der Waals surface area (Å²) in [5, 5.41) is 0. The largest absolute Gasteiger partial charge is 0.425 e. The molecule has 3 heterocycles. The van der Waals surface area contributed by atoms with Gasteiger partial charge in [0.25, 0.3) is 11.9 Å². The summed E-state index contributed by atoms with van der Waals surface area (Å²) in [6.45, 7) is 1.43. The average Bonchev–Trinajstić information content (AvgIpc) is 3.23. The highest BCUT2D eigenvalue weighted by Gasteiger charge is 2.38. The van der Waals surface area contributed by atoms with E-state index in [1.54, 1.807) is 25.1 Å². The Labute approximate surface area is 160 Å². The maximum atomic E-state index is 13.4. The van der Waals surface area contributed by atoms with Crippen LogP contribution in [-0.4, -0.2) is 48.1 Å². The summed E-state index contributed by atoms with van der Waals surface area (Å²) in [5.41, 5.74) is 1.08. The predicted octanol–water partition coefficient (Wildman–Crippen LogP) is 3.39. The molecule has 1 N–H and O–H groups in total. The highest BCUT2D eigenvalue weighted by Crippen LogP contribution is 2.32. The second-order valence-electron chi connectivity index (χ2n) is 6.60. The first-order valence-electron chi connectivity index (χ1n) is 8.75. The van der Waals surface area contributed by atoms with Crippen LogP contribution < -0.4 is 9.64 Å². The van der Waals surface area contributed by atoms with Gasteiger partial charge in [-0.1, -0.05) is 6.92 Å². The third-order valence-electron chi connectivity index (χ3n) is 4.60. The van der Waals surface area contributed by atoms with Gasteiger partial charge in [-0.3, -0.25) is 0 Å². The Hall–Kier alpha value is -2.75. The van der Waals surface area contributed by atoms with Crippen LogP contribution in [0.15, 0.2) is 41.4 Å². The molecule has 10 heteroatoms. The van der Waals surface area contributed by atoms with E-state index in [0.29, 0.717) is 22.6 Å². The third kappa shape index (κ3) is 3.64. The maximum Gasteiger partial charge on any atom is 0.300 e. The number of imidazole rings is 1. The summed E-state index contributed by atoms with van der Waals surface area (Å²) < 4.78 is 56.6. The number of halogens is 2. The lowest BCUT2D eigenvalue weighted by molar-refractivity contribution is 0.0256. The van der Waals surface area contributed by atoms with Gasteiger partial charge in [0.1, 0.15) is 11.6 Å². The third-order valence-corrected chi connectivity index (χ3v) is 6.33. The van der Waals surface area contributed by atoms with Gasteiger partial charge in [-0.25, -0.2) is 22.2 Å². The number of alkyl halides is 2. The van der Waals surface area contributed by atoms with Gasteiger partial charge in [0.2, 0.25) is 0 Å². The van der Waals surface area contributed by atoms with Crippen LogP contribution in [0.4, 0.5) is 14.6 Å². The van der Waals surface area contributed by atoms with Crippen LogP contribution in [0.5, 0.6) is 11.8 Å². The molecule has 1 aromatic carbocycles. The van der Waals surface area contributed by atoms with E-state index < -0.39 is 15.8 Å². The van der Waals surface area contributed by atoms with Crippen molar-refractivity contribution in [1.82, 2.24) is 15.0 Å². The van der Waals surface area contributed by atoms with Crippen molar-refractivity contribution in [2.24, 2.45) is 0 Å². The normalized spacial score (nSPS) is 16.6. The van der Waals surface area contributed by atoms with Crippen LogP contribution in [0.1, 0.15) is 13.3 Å². The number of sulfone groups is 1. The summed E-state index contributed by atoms with van der Waals surface area (Å²) in [5.74, 6) is -1.91. The zero-order valence-corrected chi connectivity index (χ0v) is 15.8. The van der Waals surface area contributed by atoms with Crippen molar-refractivity contribution >= 4 is 26.7 Å². The zero-order valence-electron chi connectivity index (χ0n) is 15.0. The second-order valence-corrected chi connectivity index (χ2v) is 8.88. The van der Waals surface area contributed by atoms with Gasteiger partial charge in [0.05, 0.1) is 28.2 Å². The number of rotatable bonds is 5. The van der Waals surface area contributed by atoms with Crippen molar-refractivity contribution in [2.75, 3.05) is 23.7 Å². The summed E-state index contributed by atoms with van der Waals surface area (Å²) in [4.78, 5) is 13.1. The molecule has 1 saturated heterocycles. The molecule has 2 aromatic heterocycles. The second kappa shape index (κ2) is 6.69. The van der Waals surface area contributed by atoms with Gasteiger partial charge in [0, 0.05) is 25.2 Å². The lowest BCUT2D eigenvalue weighted by atomic mass is 10.3. The molecule has 0 amide bonds. The molecule has 1 fully saturated rings. The van der Waals surface area contributed by atoms with Gasteiger partial charge in [-0.15, -0.1) is 0 Å². The quantitative estimate of drug-likeness (QED) is 0.696. The molecule has 0 unspecified atom stereocenters. The molecule has 3 aromatic rings. The molecule has 0 atom stereocenters. The van der Waals surface area contributed by atoms with Gasteiger partial charge in [0.15, 0.2) is 9.84 Å². The van der Waals surface area contributed by atoms with Crippen LogP contribution in [0.2, 0.25) is 0 Å². The van der Waals surface area contributed by atoms with E-state index in [1.165, 1.54) is 23.2 Å². The lowest BCUT2D eigenvalue weighted by Crippen LogP contribution is -2.25. The minimum absolute atomic E-state index is 0.00530. The molecule has 148 valence electrons. The summed E-state index contributed by atoms with van der Waals surface area (Å²) >= 11 is 0. The van der Waals surface area contributed by atoms with Crippen molar-refractivity contribution in [3.8, 4) is 11.8 Å². The van der Waals surface area contributed by atoms with Gasteiger partial charge in [-0.05, 0) is 24.3 Å². The number of nitrogens with one attached hydrogen (secondary N) is 1. The Kier molecular flexibility index (Phi) is 4.45. The zero-order chi connectivity index (χ0) is 19.9. The van der Waals surface area contributed by atoms with Gasteiger partial charge >= 0.3 is 0 Å². The van der Waals surface area contributed by atoms with Crippen LogP contribution >= 0.6 is 0 Å². The van der Waals surface area contributed by atoms with Crippen molar-refractivity contribution in [3.63, 3.8) is 0 Å². The maximum absolute atomic E-state index is 13.4. The number of H-pyrrole nitrogens is 1. The standard InChI is InChI=1S/C18H18F2N4O3S/c1-2-28(25,26)13-3-4-14-15(10-13)23-17(22-14)27-12-5-7-21-16(9-12)24-8-6-18(19,20)11-24/h3-5,7,9-10H,2,6,8,11H2,1H3,(H,22,23). The minimum atomic E-state index is -3.33. The van der Waals surface area contributed by atoms with E-state index in [9.17, 15) is 17.2 Å².